The molecule has 1 aliphatic rings. The maximum atomic E-state index is 6.06. The molecule has 0 aromatic carbocycles. The smallest absolute Gasteiger partial charge is 0.190 e. The molecule has 0 radical (unpaired) electrons. The number of guanidine groups is 1. The standard InChI is InChI=1S/C18H34N6S.HI/c1-14(2)13-24-16(22-23-18(24)25-3)11-8-12-20-17(19)21-15-9-6-4-5-7-10-15;/h14-15H,4-13H2,1-3H3,(H3,19,20,21);1H. The van der Waals surface area contributed by atoms with Crippen LogP contribution in [-0.2, 0) is 13.0 Å². The predicted molar refractivity (Wildman–Crippen MR) is 121 cm³/mol. The highest BCUT2D eigenvalue weighted by molar-refractivity contribution is 14.0. The molecule has 150 valence electrons. The lowest BCUT2D eigenvalue weighted by Crippen LogP contribution is -2.39. The van der Waals surface area contributed by atoms with Crippen molar-refractivity contribution in [3.05, 3.63) is 5.82 Å². The quantitative estimate of drug-likeness (QED) is 0.143. The summed E-state index contributed by atoms with van der Waals surface area (Å²) < 4.78 is 2.24. The third-order valence-electron chi connectivity index (χ3n) is 4.57. The van der Waals surface area contributed by atoms with Crippen LogP contribution in [0.1, 0.15) is 64.6 Å². The van der Waals surface area contributed by atoms with E-state index in [-0.39, 0.29) is 24.0 Å². The molecule has 0 spiro atoms. The average Bonchev–Trinajstić information content (AvgIpc) is 2.77. The van der Waals surface area contributed by atoms with Crippen molar-refractivity contribution in [2.24, 2.45) is 16.6 Å². The molecule has 8 heteroatoms. The normalized spacial score (nSPS) is 16.4. The monoisotopic (exact) mass is 494 g/mol. The van der Waals surface area contributed by atoms with Crippen LogP contribution in [0.5, 0.6) is 0 Å². The number of nitrogens with one attached hydrogen (secondary N) is 1. The van der Waals surface area contributed by atoms with Crippen LogP contribution < -0.4 is 11.1 Å². The lowest BCUT2D eigenvalue weighted by Gasteiger charge is -2.16. The van der Waals surface area contributed by atoms with Gasteiger partial charge in [0.05, 0.1) is 0 Å². The number of hydrogen-bond donors (Lipinski definition) is 2. The molecule has 1 fully saturated rings. The molecular formula is C18H35IN6S. The summed E-state index contributed by atoms with van der Waals surface area (Å²) in [4.78, 5) is 4.50. The van der Waals surface area contributed by atoms with Crippen LogP contribution >= 0.6 is 35.7 Å². The first-order valence-corrected chi connectivity index (χ1v) is 10.8. The van der Waals surface area contributed by atoms with Crippen molar-refractivity contribution >= 4 is 41.7 Å². The van der Waals surface area contributed by atoms with E-state index in [1.165, 1.54) is 38.5 Å². The lowest BCUT2D eigenvalue weighted by molar-refractivity contribution is 0.477. The Bertz CT molecular complexity index is 538. The van der Waals surface area contributed by atoms with Crippen molar-refractivity contribution in [1.82, 2.24) is 20.1 Å². The van der Waals surface area contributed by atoms with Gasteiger partial charge in [-0.3, -0.25) is 4.99 Å². The SMILES string of the molecule is CSc1nnc(CCCN=C(N)NC2CCCCCC2)n1CC(C)C.I. The Morgan fingerprint density at radius 1 is 1.27 bits per heavy atom. The van der Waals surface area contributed by atoms with Crippen molar-refractivity contribution in [3.63, 3.8) is 0 Å². The Labute approximate surface area is 179 Å². The third-order valence-corrected chi connectivity index (χ3v) is 5.24. The Morgan fingerprint density at radius 2 is 1.96 bits per heavy atom. The van der Waals surface area contributed by atoms with Gasteiger partial charge < -0.3 is 15.6 Å². The number of hydrogen-bond acceptors (Lipinski definition) is 4. The Morgan fingerprint density at radius 3 is 2.58 bits per heavy atom. The molecule has 1 aliphatic carbocycles. The second-order valence-corrected chi connectivity index (χ2v) is 8.08. The molecule has 0 bridgehead atoms. The topological polar surface area (TPSA) is 81.1 Å². The molecule has 0 aliphatic heterocycles. The predicted octanol–water partition coefficient (Wildman–Crippen LogP) is 3.83. The van der Waals surface area contributed by atoms with E-state index in [0.717, 1.165) is 36.9 Å². The maximum Gasteiger partial charge on any atom is 0.190 e. The minimum absolute atomic E-state index is 0. The zero-order valence-corrected chi connectivity index (χ0v) is 19.6. The highest BCUT2D eigenvalue weighted by atomic mass is 127. The summed E-state index contributed by atoms with van der Waals surface area (Å²) in [6, 6.07) is 0.504. The largest absolute Gasteiger partial charge is 0.370 e. The zero-order valence-electron chi connectivity index (χ0n) is 16.4. The second kappa shape index (κ2) is 12.8. The highest BCUT2D eigenvalue weighted by Gasteiger charge is 2.13. The molecule has 1 aromatic rings. The number of thioether (sulfide) groups is 1. The molecule has 0 saturated heterocycles. The van der Waals surface area contributed by atoms with Crippen molar-refractivity contribution < 1.29 is 0 Å². The average molecular weight is 494 g/mol. The lowest BCUT2D eigenvalue weighted by atomic mass is 10.1. The Hall–Kier alpha value is -0.510. The fourth-order valence-corrected chi connectivity index (χ4v) is 3.84. The van der Waals surface area contributed by atoms with E-state index in [0.29, 0.717) is 17.9 Å². The fraction of sp³-hybridized carbons (Fsp3) is 0.833. The van der Waals surface area contributed by atoms with Crippen molar-refractivity contribution in [3.8, 4) is 0 Å². The van der Waals surface area contributed by atoms with Crippen LogP contribution in [0.15, 0.2) is 10.1 Å². The van der Waals surface area contributed by atoms with Gasteiger partial charge in [0.2, 0.25) is 0 Å². The summed E-state index contributed by atoms with van der Waals surface area (Å²) in [6.45, 7) is 6.14. The number of nitrogens with zero attached hydrogens (tertiary/aromatic N) is 4. The second-order valence-electron chi connectivity index (χ2n) is 7.31. The van der Waals surface area contributed by atoms with E-state index in [1.54, 1.807) is 11.8 Å². The van der Waals surface area contributed by atoms with Gasteiger partial charge in [0.1, 0.15) is 5.82 Å². The van der Waals surface area contributed by atoms with E-state index >= 15 is 0 Å². The minimum atomic E-state index is 0. The van der Waals surface area contributed by atoms with Gasteiger partial charge in [0.25, 0.3) is 0 Å². The summed E-state index contributed by atoms with van der Waals surface area (Å²) >= 11 is 1.66. The van der Waals surface area contributed by atoms with E-state index in [1.807, 2.05) is 0 Å². The van der Waals surface area contributed by atoms with Crippen LogP contribution in [0.25, 0.3) is 0 Å². The minimum Gasteiger partial charge on any atom is -0.370 e. The molecule has 0 unspecified atom stereocenters. The first kappa shape index (κ1) is 23.5. The van der Waals surface area contributed by atoms with Gasteiger partial charge >= 0.3 is 0 Å². The zero-order chi connectivity index (χ0) is 18.1. The Balaban J connectivity index is 0.00000338. The summed E-state index contributed by atoms with van der Waals surface area (Å²) in [5, 5.41) is 13.0. The van der Waals surface area contributed by atoms with Gasteiger partial charge in [0.15, 0.2) is 11.1 Å². The van der Waals surface area contributed by atoms with E-state index in [9.17, 15) is 0 Å². The Kier molecular flexibility index (Phi) is 11.6. The molecule has 1 aromatic heterocycles. The van der Waals surface area contributed by atoms with Crippen LogP contribution in [0.4, 0.5) is 0 Å². The van der Waals surface area contributed by atoms with E-state index in [4.69, 9.17) is 5.73 Å². The van der Waals surface area contributed by atoms with Crippen LogP contribution in [0, 0.1) is 5.92 Å². The molecule has 1 saturated carbocycles. The van der Waals surface area contributed by atoms with E-state index in [2.05, 4.69) is 45.2 Å². The summed E-state index contributed by atoms with van der Waals surface area (Å²) in [6.07, 6.45) is 11.6. The molecule has 26 heavy (non-hydrogen) atoms. The van der Waals surface area contributed by atoms with Crippen molar-refractivity contribution in [1.29, 1.82) is 0 Å². The third kappa shape index (κ3) is 8.02. The number of aliphatic imine (C=N–C) groups is 1. The molecular weight excluding hydrogens is 459 g/mol. The number of aromatic nitrogens is 3. The van der Waals surface area contributed by atoms with Gasteiger partial charge in [0, 0.05) is 25.6 Å². The first-order valence-electron chi connectivity index (χ1n) is 9.62. The molecule has 0 amide bonds. The van der Waals surface area contributed by atoms with E-state index < -0.39 is 0 Å². The van der Waals surface area contributed by atoms with Gasteiger partial charge in [-0.2, -0.15) is 0 Å². The van der Waals surface area contributed by atoms with Gasteiger partial charge in [-0.1, -0.05) is 51.3 Å². The van der Waals surface area contributed by atoms with Gasteiger partial charge in [-0.15, -0.1) is 34.2 Å². The summed E-state index contributed by atoms with van der Waals surface area (Å²) in [7, 11) is 0. The van der Waals surface area contributed by atoms with Crippen molar-refractivity contribution in [2.75, 3.05) is 12.8 Å². The van der Waals surface area contributed by atoms with Crippen molar-refractivity contribution in [2.45, 2.75) is 83.0 Å². The summed E-state index contributed by atoms with van der Waals surface area (Å²) in [5.74, 6) is 2.24. The molecule has 1 heterocycles. The van der Waals surface area contributed by atoms with Gasteiger partial charge in [-0.25, -0.2) is 0 Å². The molecule has 2 rings (SSSR count). The summed E-state index contributed by atoms with van der Waals surface area (Å²) in [5.41, 5.74) is 6.06. The van der Waals surface area contributed by atoms with Crippen LogP contribution in [-0.4, -0.2) is 39.6 Å². The maximum absolute atomic E-state index is 6.06. The molecule has 0 atom stereocenters. The molecule has 3 N–H and O–H groups in total. The number of nitrogens with two attached hydrogens (primary N) is 1. The number of halogens is 1. The highest BCUT2D eigenvalue weighted by Crippen LogP contribution is 2.18. The van der Waals surface area contributed by atoms with Gasteiger partial charge in [-0.05, 0) is 31.4 Å². The fourth-order valence-electron chi connectivity index (χ4n) is 3.32. The molecule has 6 nitrogen and oxygen atoms in total. The first-order chi connectivity index (χ1) is 12.1. The number of rotatable bonds is 8. The van der Waals surface area contributed by atoms with Crippen LogP contribution in [0.2, 0.25) is 0 Å². The van der Waals surface area contributed by atoms with Crippen LogP contribution in [0.3, 0.4) is 0 Å². The number of aryl methyl sites for hydroxylation is 1.